The van der Waals surface area contributed by atoms with Crippen molar-refractivity contribution in [2.75, 3.05) is 13.2 Å². The normalized spacial score (nSPS) is 50.8. The highest BCUT2D eigenvalue weighted by molar-refractivity contribution is 5.85. The molecule has 4 rings (SSSR count). The summed E-state index contributed by atoms with van der Waals surface area (Å²) in [7, 11) is 0. The van der Waals surface area contributed by atoms with Gasteiger partial charge in [0.25, 0.3) is 0 Å². The smallest absolute Gasteiger partial charge is 0.118 e. The third-order valence-electron chi connectivity index (χ3n) is 9.10. The second-order valence-corrected chi connectivity index (χ2v) is 10.3. The number of rotatable bonds is 4. The topological polar surface area (TPSA) is 88.1 Å². The van der Waals surface area contributed by atoms with E-state index in [4.69, 9.17) is 10.6 Å². The molecule has 27 heavy (non-hydrogen) atoms. The predicted molar refractivity (Wildman–Crippen MR) is 106 cm³/mol. The summed E-state index contributed by atoms with van der Waals surface area (Å²) in [6, 6.07) is 0. The van der Waals surface area contributed by atoms with Crippen LogP contribution in [0.1, 0.15) is 71.6 Å². The van der Waals surface area contributed by atoms with Gasteiger partial charge in [-0.25, -0.2) is 0 Å². The number of oxime groups is 1. The van der Waals surface area contributed by atoms with Crippen LogP contribution in [0.25, 0.3) is 0 Å². The zero-order valence-electron chi connectivity index (χ0n) is 17.1. The van der Waals surface area contributed by atoms with Gasteiger partial charge in [0, 0.05) is 0 Å². The maximum absolute atomic E-state index is 11.1. The number of aliphatic hydroxyl groups is 2. The van der Waals surface area contributed by atoms with Crippen LogP contribution >= 0.6 is 0 Å². The molecule has 1 unspecified atom stereocenters. The van der Waals surface area contributed by atoms with Crippen molar-refractivity contribution in [2.24, 2.45) is 45.4 Å². The number of hydrogen-bond donors (Lipinski definition) is 3. The molecule has 5 nitrogen and oxygen atoms in total. The second kappa shape index (κ2) is 7.31. The monoisotopic (exact) mass is 378 g/mol. The van der Waals surface area contributed by atoms with Crippen molar-refractivity contribution in [3.63, 3.8) is 0 Å². The minimum Gasteiger partial charge on any atom is -0.396 e. The standard InChI is InChI=1S/C22H38N2O3/c1-21-8-6-14(24-27-11-3-10-23)12-18(21)19(25)13-15-16-4-5-20(26)22(16,2)9-7-17(15)21/h15-20,25-26H,3-13,23H2,1-2H3/b24-14+/t15-,16-,17-,18+,19+,20?,21+,22-/m0/s1. The van der Waals surface area contributed by atoms with Gasteiger partial charge in [0.2, 0.25) is 0 Å². The van der Waals surface area contributed by atoms with Crippen LogP contribution in [-0.4, -0.2) is 41.3 Å². The molecule has 4 aliphatic rings. The molecule has 0 bridgehead atoms. The Hall–Kier alpha value is -0.650. The summed E-state index contributed by atoms with van der Waals surface area (Å²) in [6.07, 6.45) is 8.69. The molecule has 0 aromatic heterocycles. The molecule has 8 atom stereocenters. The van der Waals surface area contributed by atoms with Crippen LogP contribution in [0, 0.1) is 34.5 Å². The van der Waals surface area contributed by atoms with E-state index in [0.29, 0.717) is 36.8 Å². The highest BCUT2D eigenvalue weighted by atomic mass is 16.6. The van der Waals surface area contributed by atoms with E-state index >= 15 is 0 Å². The van der Waals surface area contributed by atoms with E-state index in [1.165, 1.54) is 6.42 Å². The third kappa shape index (κ3) is 3.14. The molecule has 0 heterocycles. The zero-order valence-corrected chi connectivity index (χ0v) is 17.1. The van der Waals surface area contributed by atoms with E-state index in [1.54, 1.807) is 0 Å². The second-order valence-electron chi connectivity index (χ2n) is 10.3. The summed E-state index contributed by atoms with van der Waals surface area (Å²) in [6.45, 7) is 5.94. The Morgan fingerprint density at radius 1 is 1.07 bits per heavy atom. The first-order valence-electron chi connectivity index (χ1n) is 11.1. The molecule has 4 saturated carbocycles. The predicted octanol–water partition coefficient (Wildman–Crippen LogP) is 3.08. The lowest BCUT2D eigenvalue weighted by molar-refractivity contribution is -0.153. The molecule has 5 heteroatoms. The first-order chi connectivity index (χ1) is 12.9. The van der Waals surface area contributed by atoms with Gasteiger partial charge >= 0.3 is 0 Å². The Morgan fingerprint density at radius 2 is 1.85 bits per heavy atom. The summed E-state index contributed by atoms with van der Waals surface area (Å²) in [4.78, 5) is 5.45. The molecular formula is C22H38N2O3. The Kier molecular flexibility index (Phi) is 5.32. The van der Waals surface area contributed by atoms with Gasteiger partial charge in [0.05, 0.1) is 17.9 Å². The highest BCUT2D eigenvalue weighted by Crippen LogP contribution is 2.65. The van der Waals surface area contributed by atoms with Gasteiger partial charge in [-0.3, -0.25) is 0 Å². The van der Waals surface area contributed by atoms with Gasteiger partial charge in [0.1, 0.15) is 6.61 Å². The number of aliphatic hydroxyl groups excluding tert-OH is 2. The van der Waals surface area contributed by atoms with E-state index in [0.717, 1.165) is 57.1 Å². The molecule has 0 aliphatic heterocycles. The Labute approximate surface area is 163 Å². The van der Waals surface area contributed by atoms with Crippen molar-refractivity contribution >= 4 is 5.71 Å². The van der Waals surface area contributed by atoms with E-state index in [-0.39, 0.29) is 23.0 Å². The third-order valence-corrected chi connectivity index (χ3v) is 9.10. The van der Waals surface area contributed by atoms with Crippen LogP contribution in [0.4, 0.5) is 0 Å². The maximum Gasteiger partial charge on any atom is 0.118 e. The molecule has 0 radical (unpaired) electrons. The number of nitrogens with two attached hydrogens (primary N) is 1. The van der Waals surface area contributed by atoms with Gasteiger partial charge in [-0.15, -0.1) is 0 Å². The average molecular weight is 379 g/mol. The molecule has 4 fully saturated rings. The molecule has 154 valence electrons. The molecule has 0 aromatic rings. The van der Waals surface area contributed by atoms with Crippen LogP contribution in [-0.2, 0) is 4.84 Å². The van der Waals surface area contributed by atoms with Crippen molar-refractivity contribution < 1.29 is 15.1 Å². The van der Waals surface area contributed by atoms with E-state index in [2.05, 4.69) is 19.0 Å². The van der Waals surface area contributed by atoms with Gasteiger partial charge in [-0.2, -0.15) is 0 Å². The minimum atomic E-state index is -0.258. The van der Waals surface area contributed by atoms with Crippen LogP contribution in [0.2, 0.25) is 0 Å². The largest absolute Gasteiger partial charge is 0.396 e. The summed E-state index contributed by atoms with van der Waals surface area (Å²) in [5.41, 5.74) is 6.88. The average Bonchev–Trinajstić information content (AvgIpc) is 2.95. The SMILES string of the molecule is C[C@]12CC/C(=N\OCCCN)C[C@@H]1[C@H](O)C[C@@H]1[C@@H]2CC[C@]2(C)C(O)CC[C@@H]12. The molecule has 0 amide bonds. The zero-order chi connectivity index (χ0) is 19.2. The molecule has 0 spiro atoms. The van der Waals surface area contributed by atoms with Crippen molar-refractivity contribution in [1.82, 2.24) is 0 Å². The minimum absolute atomic E-state index is 0.0716. The van der Waals surface area contributed by atoms with Crippen molar-refractivity contribution in [3.8, 4) is 0 Å². The summed E-state index contributed by atoms with van der Waals surface area (Å²) in [5, 5.41) is 26.1. The fourth-order valence-electron chi connectivity index (χ4n) is 7.44. The van der Waals surface area contributed by atoms with E-state index in [1.807, 2.05) is 0 Å². The van der Waals surface area contributed by atoms with Crippen LogP contribution < -0.4 is 5.73 Å². The molecule has 0 saturated heterocycles. The number of nitrogens with zero attached hydrogens (tertiary/aromatic N) is 1. The molecular weight excluding hydrogens is 340 g/mol. The fourth-order valence-corrected chi connectivity index (χ4v) is 7.44. The molecule has 0 aromatic carbocycles. The maximum atomic E-state index is 11.1. The van der Waals surface area contributed by atoms with Crippen molar-refractivity contribution in [2.45, 2.75) is 83.8 Å². The highest BCUT2D eigenvalue weighted by Gasteiger charge is 2.61. The molecule has 4 aliphatic carbocycles. The Bertz CT molecular complexity index is 582. The summed E-state index contributed by atoms with van der Waals surface area (Å²) in [5.74, 6) is 2.11. The van der Waals surface area contributed by atoms with E-state index in [9.17, 15) is 10.2 Å². The Morgan fingerprint density at radius 3 is 2.63 bits per heavy atom. The lowest BCUT2D eigenvalue weighted by Gasteiger charge is -2.61. The van der Waals surface area contributed by atoms with Crippen LogP contribution in [0.3, 0.4) is 0 Å². The van der Waals surface area contributed by atoms with Gasteiger partial charge in [-0.1, -0.05) is 19.0 Å². The first kappa shape index (κ1) is 19.7. The fraction of sp³-hybridized carbons (Fsp3) is 0.955. The first-order valence-corrected chi connectivity index (χ1v) is 11.1. The number of hydrogen-bond acceptors (Lipinski definition) is 5. The summed E-state index contributed by atoms with van der Waals surface area (Å²) >= 11 is 0. The van der Waals surface area contributed by atoms with Crippen molar-refractivity contribution in [1.29, 1.82) is 0 Å². The van der Waals surface area contributed by atoms with Crippen LogP contribution in [0.15, 0.2) is 5.16 Å². The van der Waals surface area contributed by atoms with Crippen molar-refractivity contribution in [3.05, 3.63) is 0 Å². The van der Waals surface area contributed by atoms with Crippen LogP contribution in [0.5, 0.6) is 0 Å². The van der Waals surface area contributed by atoms with Gasteiger partial charge in [0.15, 0.2) is 0 Å². The quantitative estimate of drug-likeness (QED) is 0.518. The van der Waals surface area contributed by atoms with E-state index < -0.39 is 0 Å². The summed E-state index contributed by atoms with van der Waals surface area (Å²) < 4.78 is 0. The Balaban J connectivity index is 1.51. The molecule has 4 N–H and O–H groups in total. The lowest BCUT2D eigenvalue weighted by Crippen LogP contribution is -2.58. The van der Waals surface area contributed by atoms with Gasteiger partial charge in [-0.05, 0) is 98.8 Å². The van der Waals surface area contributed by atoms with Gasteiger partial charge < -0.3 is 20.8 Å². The lowest BCUT2D eigenvalue weighted by atomic mass is 9.44. The number of fused-ring (bicyclic) bond motifs is 5.